The smallest absolute Gasteiger partial charge is 0.131 e. The number of alkyl halides is 1. The van der Waals surface area contributed by atoms with Crippen molar-refractivity contribution in [3.8, 4) is 5.75 Å². The van der Waals surface area contributed by atoms with Crippen molar-refractivity contribution in [3.63, 3.8) is 0 Å². The number of benzene rings is 1. The van der Waals surface area contributed by atoms with Crippen LogP contribution >= 0.6 is 11.6 Å². The summed E-state index contributed by atoms with van der Waals surface area (Å²) in [5, 5.41) is 4.29. The summed E-state index contributed by atoms with van der Waals surface area (Å²) in [5.41, 5.74) is 2.23. The maximum Gasteiger partial charge on any atom is 0.131 e. The van der Waals surface area contributed by atoms with Crippen molar-refractivity contribution in [2.24, 2.45) is 11.1 Å². The van der Waals surface area contributed by atoms with Crippen LogP contribution in [0.3, 0.4) is 0 Å². The first-order valence-electron chi connectivity index (χ1n) is 7.26. The molecule has 1 fully saturated rings. The molecule has 1 saturated carbocycles. The largest absolute Gasteiger partial charge is 0.497 e. The van der Waals surface area contributed by atoms with E-state index in [1.54, 1.807) is 7.11 Å². The average Bonchev–Trinajstić information content (AvgIpc) is 2.54. The third-order valence-corrected chi connectivity index (χ3v) is 4.73. The summed E-state index contributed by atoms with van der Waals surface area (Å²) in [6.45, 7) is 0. The summed E-state index contributed by atoms with van der Waals surface area (Å²) < 4.78 is 5.24. The van der Waals surface area contributed by atoms with Crippen LogP contribution in [-0.2, 0) is 4.84 Å². The highest BCUT2D eigenvalue weighted by atomic mass is 35.5. The average molecular weight is 294 g/mol. The van der Waals surface area contributed by atoms with Gasteiger partial charge >= 0.3 is 0 Å². The molecule has 0 N–H and O–H groups in total. The molecule has 0 unspecified atom stereocenters. The first-order chi connectivity index (χ1) is 9.83. The molecule has 4 heteroatoms. The number of nitrogens with zero attached hydrogens (tertiary/aromatic N) is 1. The van der Waals surface area contributed by atoms with Gasteiger partial charge in [-0.15, -0.1) is 11.6 Å². The van der Waals surface area contributed by atoms with Crippen molar-refractivity contribution in [1.29, 1.82) is 0 Å². The van der Waals surface area contributed by atoms with Crippen LogP contribution in [0.2, 0.25) is 0 Å². The summed E-state index contributed by atoms with van der Waals surface area (Å²) in [6.07, 6.45) is 5.06. The van der Waals surface area contributed by atoms with E-state index in [1.165, 1.54) is 24.8 Å². The molecule has 1 aromatic rings. The molecule has 2 aliphatic rings. The van der Waals surface area contributed by atoms with Gasteiger partial charge in [0, 0.05) is 11.8 Å². The topological polar surface area (TPSA) is 30.8 Å². The van der Waals surface area contributed by atoms with Crippen LogP contribution in [0.5, 0.6) is 5.75 Å². The fourth-order valence-corrected chi connectivity index (χ4v) is 3.65. The Bertz CT molecular complexity index is 486. The molecular weight excluding hydrogens is 274 g/mol. The molecule has 108 valence electrons. The zero-order valence-electron chi connectivity index (χ0n) is 11.7. The maximum absolute atomic E-state index is 6.08. The Balaban J connectivity index is 1.93. The molecule has 0 aromatic heterocycles. The lowest BCUT2D eigenvalue weighted by Gasteiger charge is -2.39. The quantitative estimate of drug-likeness (QED) is 0.790. The molecule has 1 aliphatic heterocycles. The van der Waals surface area contributed by atoms with Crippen LogP contribution in [0.25, 0.3) is 0 Å². The third kappa shape index (κ3) is 2.51. The van der Waals surface area contributed by atoms with Gasteiger partial charge in [-0.1, -0.05) is 23.7 Å². The van der Waals surface area contributed by atoms with Crippen LogP contribution in [0, 0.1) is 5.92 Å². The van der Waals surface area contributed by atoms with Gasteiger partial charge < -0.3 is 9.57 Å². The van der Waals surface area contributed by atoms with Crippen molar-refractivity contribution in [1.82, 2.24) is 0 Å². The Morgan fingerprint density at radius 1 is 1.25 bits per heavy atom. The molecule has 3 rings (SSSR count). The lowest BCUT2D eigenvalue weighted by atomic mass is 9.72. The molecule has 0 amide bonds. The predicted octanol–water partition coefficient (Wildman–Crippen LogP) is 3.96. The number of methoxy groups -OCH3 is 1. The Morgan fingerprint density at radius 2 is 2.00 bits per heavy atom. The van der Waals surface area contributed by atoms with Crippen molar-refractivity contribution in [2.45, 2.75) is 37.7 Å². The molecule has 1 heterocycles. The zero-order valence-corrected chi connectivity index (χ0v) is 12.5. The normalized spacial score (nSPS) is 29.1. The van der Waals surface area contributed by atoms with Gasteiger partial charge in [0.2, 0.25) is 0 Å². The first-order valence-corrected chi connectivity index (χ1v) is 7.79. The molecule has 3 nitrogen and oxygen atoms in total. The van der Waals surface area contributed by atoms with E-state index < -0.39 is 0 Å². The Morgan fingerprint density at radius 3 is 2.70 bits per heavy atom. The number of halogens is 1. The predicted molar refractivity (Wildman–Crippen MR) is 80.7 cm³/mol. The van der Waals surface area contributed by atoms with Gasteiger partial charge in [0.1, 0.15) is 11.9 Å². The number of fused-ring (bicyclic) bond motifs is 1. The molecule has 0 bridgehead atoms. The van der Waals surface area contributed by atoms with Crippen LogP contribution in [-0.4, -0.2) is 24.8 Å². The summed E-state index contributed by atoms with van der Waals surface area (Å²) >= 11 is 6.08. The highest BCUT2D eigenvalue weighted by Crippen LogP contribution is 2.42. The second-order valence-corrected chi connectivity index (χ2v) is 5.83. The van der Waals surface area contributed by atoms with Crippen LogP contribution in [0.15, 0.2) is 29.4 Å². The zero-order chi connectivity index (χ0) is 13.9. The van der Waals surface area contributed by atoms with Crippen LogP contribution in [0.1, 0.15) is 37.2 Å². The second-order valence-electron chi connectivity index (χ2n) is 5.56. The highest BCUT2D eigenvalue weighted by Gasteiger charge is 2.40. The molecule has 0 radical (unpaired) electrons. The highest BCUT2D eigenvalue weighted by molar-refractivity contribution is 6.29. The molecule has 3 atom stereocenters. The van der Waals surface area contributed by atoms with Gasteiger partial charge in [0.05, 0.1) is 18.7 Å². The van der Waals surface area contributed by atoms with Gasteiger partial charge in [0.25, 0.3) is 0 Å². The van der Waals surface area contributed by atoms with Gasteiger partial charge in [-0.05, 0) is 37.0 Å². The number of ether oxygens (including phenoxy) is 1. The SMILES string of the molecule is COc1ccc([C@H]2C(CCl)=NO[C@@H]3CCCC[C@H]23)cc1. The second kappa shape index (κ2) is 6.04. The summed E-state index contributed by atoms with van der Waals surface area (Å²) in [6, 6.07) is 8.27. The standard InChI is InChI=1S/C16H20ClNO2/c1-19-12-8-6-11(7-9-12)16-13-4-2-3-5-15(13)20-18-14(16)10-17/h6-9,13,15-16H,2-5,10H2,1H3/t13-,15+,16+/m0/s1. The fraction of sp³-hybridized carbons (Fsp3) is 0.562. The third-order valence-electron chi connectivity index (χ3n) is 4.46. The molecule has 0 spiro atoms. The minimum atomic E-state index is 0.253. The molecule has 1 aromatic carbocycles. The number of oxime groups is 1. The van der Waals surface area contributed by atoms with E-state index in [-0.39, 0.29) is 12.0 Å². The minimum absolute atomic E-state index is 0.253. The number of rotatable bonds is 3. The minimum Gasteiger partial charge on any atom is -0.497 e. The van der Waals surface area contributed by atoms with E-state index in [4.69, 9.17) is 21.2 Å². The van der Waals surface area contributed by atoms with Crippen molar-refractivity contribution < 1.29 is 9.57 Å². The van der Waals surface area contributed by atoms with E-state index in [2.05, 4.69) is 17.3 Å². The van der Waals surface area contributed by atoms with Gasteiger partial charge in [0.15, 0.2) is 0 Å². The summed E-state index contributed by atoms with van der Waals surface area (Å²) in [5.74, 6) is 2.10. The fourth-order valence-electron chi connectivity index (χ4n) is 3.44. The molecule has 20 heavy (non-hydrogen) atoms. The molecular formula is C16H20ClNO2. The van der Waals surface area contributed by atoms with Gasteiger partial charge in [-0.2, -0.15) is 0 Å². The molecule has 0 saturated heterocycles. The van der Waals surface area contributed by atoms with Gasteiger partial charge in [-0.3, -0.25) is 0 Å². The number of hydrogen-bond donors (Lipinski definition) is 0. The summed E-state index contributed by atoms with van der Waals surface area (Å²) in [4.78, 5) is 5.66. The lowest BCUT2D eigenvalue weighted by Crippen LogP contribution is -2.39. The number of hydrogen-bond acceptors (Lipinski definition) is 3. The first kappa shape index (κ1) is 13.7. The maximum atomic E-state index is 6.08. The van der Waals surface area contributed by atoms with Crippen molar-refractivity contribution in [2.75, 3.05) is 13.0 Å². The summed E-state index contributed by atoms with van der Waals surface area (Å²) in [7, 11) is 1.69. The van der Waals surface area contributed by atoms with E-state index in [9.17, 15) is 0 Å². The lowest BCUT2D eigenvalue weighted by molar-refractivity contribution is -0.0246. The Kier molecular flexibility index (Phi) is 4.16. The van der Waals surface area contributed by atoms with E-state index >= 15 is 0 Å². The van der Waals surface area contributed by atoms with E-state index in [0.717, 1.165) is 17.9 Å². The van der Waals surface area contributed by atoms with E-state index in [1.807, 2.05) is 12.1 Å². The van der Waals surface area contributed by atoms with Crippen LogP contribution in [0.4, 0.5) is 0 Å². The van der Waals surface area contributed by atoms with Crippen molar-refractivity contribution >= 4 is 17.3 Å². The Hall–Kier alpha value is -1.22. The molecule has 1 aliphatic carbocycles. The van der Waals surface area contributed by atoms with E-state index in [0.29, 0.717) is 11.8 Å². The monoisotopic (exact) mass is 293 g/mol. The van der Waals surface area contributed by atoms with Crippen LogP contribution < -0.4 is 4.74 Å². The van der Waals surface area contributed by atoms with Crippen molar-refractivity contribution in [3.05, 3.63) is 29.8 Å². The van der Waals surface area contributed by atoms with Gasteiger partial charge in [-0.25, -0.2) is 0 Å². The Labute approximate surface area is 124 Å².